The van der Waals surface area contributed by atoms with Crippen LogP contribution in [0.5, 0.6) is 5.75 Å². The summed E-state index contributed by atoms with van der Waals surface area (Å²) < 4.78 is 1.41. The minimum atomic E-state index is -1.23. The molecule has 0 saturated carbocycles. The van der Waals surface area contributed by atoms with Gasteiger partial charge in [-0.15, -0.1) is 11.3 Å². The fraction of sp³-hybridized carbons (Fsp3) is 0. The van der Waals surface area contributed by atoms with Crippen molar-refractivity contribution in [2.75, 3.05) is 5.32 Å². The summed E-state index contributed by atoms with van der Waals surface area (Å²) in [6.07, 6.45) is 0. The van der Waals surface area contributed by atoms with Crippen molar-refractivity contribution < 1.29 is 19.8 Å². The summed E-state index contributed by atoms with van der Waals surface area (Å²) in [5, 5.41) is 20.9. The van der Waals surface area contributed by atoms with E-state index in [1.54, 1.807) is 6.07 Å². The Bertz CT molecular complexity index is 699. The Kier molecular flexibility index (Phi) is 4.46. The second-order valence-electron chi connectivity index (χ2n) is 3.73. The van der Waals surface area contributed by atoms with Crippen LogP contribution in [0.1, 0.15) is 20.7 Å². The number of carboxylic acid groups (broad SMARTS) is 1. The summed E-state index contributed by atoms with van der Waals surface area (Å²) in [4.78, 5) is 23.2. The van der Waals surface area contributed by atoms with Crippen molar-refractivity contribution in [1.29, 1.82) is 0 Å². The van der Waals surface area contributed by atoms with E-state index in [0.29, 0.717) is 9.35 Å². The first-order valence-electron chi connectivity index (χ1n) is 5.21. The first-order chi connectivity index (χ1) is 9.38. The molecule has 104 valence electrons. The lowest BCUT2D eigenvalue weighted by atomic mass is 10.1. The largest absolute Gasteiger partial charge is 0.508 e. The third-order valence-corrected chi connectivity index (χ3v) is 4.72. The van der Waals surface area contributed by atoms with Crippen LogP contribution in [-0.4, -0.2) is 22.1 Å². The van der Waals surface area contributed by atoms with Gasteiger partial charge in [0.2, 0.25) is 0 Å². The highest BCUT2D eigenvalue weighted by Gasteiger charge is 2.17. The second kappa shape index (κ2) is 5.94. The molecule has 5 nitrogen and oxygen atoms in total. The van der Waals surface area contributed by atoms with Crippen molar-refractivity contribution in [1.82, 2.24) is 0 Å². The minimum absolute atomic E-state index is 0.120. The summed E-state index contributed by atoms with van der Waals surface area (Å²) >= 11 is 7.86. The molecule has 0 radical (unpaired) electrons. The van der Waals surface area contributed by atoms with Crippen LogP contribution in [0.15, 0.2) is 31.8 Å². The molecule has 0 fully saturated rings. The number of anilines is 1. The lowest BCUT2D eigenvalue weighted by Crippen LogP contribution is -2.14. The van der Waals surface area contributed by atoms with E-state index in [4.69, 9.17) is 5.11 Å². The molecule has 0 bridgehead atoms. The van der Waals surface area contributed by atoms with Gasteiger partial charge in [0.05, 0.1) is 24.4 Å². The summed E-state index contributed by atoms with van der Waals surface area (Å²) in [6.45, 7) is 0. The number of carboxylic acids is 1. The van der Waals surface area contributed by atoms with Gasteiger partial charge in [-0.2, -0.15) is 0 Å². The number of thiophene rings is 1. The van der Waals surface area contributed by atoms with E-state index in [9.17, 15) is 14.7 Å². The Morgan fingerprint density at radius 3 is 2.40 bits per heavy atom. The zero-order chi connectivity index (χ0) is 14.9. The van der Waals surface area contributed by atoms with Crippen molar-refractivity contribution in [3.05, 3.63) is 43.0 Å². The number of hydrogen-bond acceptors (Lipinski definition) is 4. The van der Waals surface area contributed by atoms with Crippen molar-refractivity contribution in [2.24, 2.45) is 0 Å². The van der Waals surface area contributed by atoms with Crippen LogP contribution in [0.2, 0.25) is 0 Å². The number of benzene rings is 1. The van der Waals surface area contributed by atoms with E-state index >= 15 is 0 Å². The number of carbonyl (C=O) groups excluding carboxylic acids is 1. The molecule has 1 aromatic heterocycles. The summed E-state index contributed by atoms with van der Waals surface area (Å²) in [7, 11) is 0. The molecule has 0 atom stereocenters. The summed E-state index contributed by atoms with van der Waals surface area (Å²) in [5.41, 5.74) is 0.338. The maximum atomic E-state index is 12.1. The maximum absolute atomic E-state index is 12.1. The molecule has 0 aliphatic rings. The lowest BCUT2D eigenvalue weighted by molar-refractivity contribution is 0.0697. The van der Waals surface area contributed by atoms with E-state index in [1.807, 2.05) is 0 Å². The molecule has 1 aromatic carbocycles. The predicted molar refractivity (Wildman–Crippen MR) is 82.7 cm³/mol. The van der Waals surface area contributed by atoms with Gasteiger partial charge in [0.1, 0.15) is 5.75 Å². The van der Waals surface area contributed by atoms with Gasteiger partial charge in [-0.25, -0.2) is 4.79 Å². The van der Waals surface area contributed by atoms with Gasteiger partial charge in [0, 0.05) is 0 Å². The number of amides is 1. The quantitative estimate of drug-likeness (QED) is 0.656. The Labute approximate surface area is 134 Å². The third-order valence-electron chi connectivity index (χ3n) is 2.38. The van der Waals surface area contributed by atoms with E-state index in [2.05, 4.69) is 37.2 Å². The normalized spacial score (nSPS) is 10.3. The Morgan fingerprint density at radius 2 is 1.85 bits per heavy atom. The number of carbonyl (C=O) groups is 2. The van der Waals surface area contributed by atoms with E-state index in [1.165, 1.54) is 23.5 Å². The van der Waals surface area contributed by atoms with Crippen LogP contribution < -0.4 is 5.32 Å². The number of aromatic hydroxyl groups is 1. The fourth-order valence-corrected chi connectivity index (χ4v) is 4.30. The molecule has 3 N–H and O–H groups in total. The Balaban J connectivity index is 2.33. The molecule has 1 heterocycles. The molecule has 8 heteroatoms. The average Bonchev–Trinajstić information content (AvgIpc) is 2.70. The van der Waals surface area contributed by atoms with Crippen molar-refractivity contribution in [3.8, 4) is 5.75 Å². The van der Waals surface area contributed by atoms with Gasteiger partial charge in [-0.3, -0.25) is 4.79 Å². The molecule has 0 aliphatic heterocycles. The van der Waals surface area contributed by atoms with Gasteiger partial charge >= 0.3 is 5.97 Å². The first kappa shape index (κ1) is 15.0. The minimum Gasteiger partial charge on any atom is -0.508 e. The van der Waals surface area contributed by atoms with Crippen LogP contribution >= 0.6 is 43.2 Å². The maximum Gasteiger partial charge on any atom is 0.337 e. The topological polar surface area (TPSA) is 86.6 Å². The van der Waals surface area contributed by atoms with Crippen LogP contribution in [0.3, 0.4) is 0 Å². The summed E-state index contributed by atoms with van der Waals surface area (Å²) in [6, 6.07) is 5.36. The fourth-order valence-electron chi connectivity index (χ4n) is 1.50. The second-order valence-corrected chi connectivity index (χ2v) is 7.48. The first-order valence-corrected chi connectivity index (χ1v) is 7.61. The smallest absolute Gasteiger partial charge is 0.337 e. The van der Waals surface area contributed by atoms with Crippen molar-refractivity contribution in [3.63, 3.8) is 0 Å². The van der Waals surface area contributed by atoms with E-state index in [0.717, 1.165) is 9.85 Å². The standard InChI is InChI=1S/C12H7Br2NO4S/c13-9-4-7(10(14)20-9)11(17)15-8-2-1-5(16)3-6(8)12(18)19/h1-4,16H,(H,15,17)(H,18,19). The number of rotatable bonds is 3. The monoisotopic (exact) mass is 419 g/mol. The Morgan fingerprint density at radius 1 is 1.15 bits per heavy atom. The molecular weight excluding hydrogens is 414 g/mol. The predicted octanol–water partition coefficient (Wildman–Crippen LogP) is 3.93. The summed E-state index contributed by atoms with van der Waals surface area (Å²) in [5.74, 6) is -1.85. The Hall–Kier alpha value is -1.38. The zero-order valence-corrected chi connectivity index (χ0v) is 13.7. The highest BCUT2D eigenvalue weighted by Crippen LogP contribution is 2.32. The zero-order valence-electron chi connectivity index (χ0n) is 9.68. The number of phenolic OH excluding ortho intramolecular Hbond substituents is 1. The molecule has 2 rings (SSSR count). The number of nitrogens with one attached hydrogen (secondary N) is 1. The molecule has 0 saturated heterocycles. The number of phenols is 1. The van der Waals surface area contributed by atoms with Crippen molar-refractivity contribution in [2.45, 2.75) is 0 Å². The molecule has 20 heavy (non-hydrogen) atoms. The SMILES string of the molecule is O=C(O)c1cc(O)ccc1NC(=O)c1cc(Br)sc1Br. The number of halogens is 2. The van der Waals surface area contributed by atoms with Crippen LogP contribution in [0.25, 0.3) is 0 Å². The molecule has 1 amide bonds. The molecular formula is C12H7Br2NO4S. The number of hydrogen-bond donors (Lipinski definition) is 3. The molecule has 0 aliphatic carbocycles. The van der Waals surface area contributed by atoms with E-state index in [-0.39, 0.29) is 17.0 Å². The van der Waals surface area contributed by atoms with Gasteiger partial charge < -0.3 is 15.5 Å². The number of aromatic carboxylic acids is 1. The van der Waals surface area contributed by atoms with Crippen LogP contribution in [0.4, 0.5) is 5.69 Å². The van der Waals surface area contributed by atoms with Crippen LogP contribution in [-0.2, 0) is 0 Å². The highest BCUT2D eigenvalue weighted by atomic mass is 79.9. The highest BCUT2D eigenvalue weighted by molar-refractivity contribution is 9.12. The third kappa shape index (κ3) is 3.20. The van der Waals surface area contributed by atoms with Gasteiger partial charge in [-0.1, -0.05) is 0 Å². The van der Waals surface area contributed by atoms with E-state index < -0.39 is 11.9 Å². The van der Waals surface area contributed by atoms with Crippen LogP contribution in [0, 0.1) is 0 Å². The lowest BCUT2D eigenvalue weighted by Gasteiger charge is -2.08. The van der Waals surface area contributed by atoms with Crippen molar-refractivity contribution >= 4 is 60.8 Å². The van der Waals surface area contributed by atoms with Gasteiger partial charge in [-0.05, 0) is 56.1 Å². The molecule has 0 unspecified atom stereocenters. The average molecular weight is 421 g/mol. The van der Waals surface area contributed by atoms with Gasteiger partial charge in [0.15, 0.2) is 0 Å². The molecule has 0 spiro atoms. The molecule has 2 aromatic rings. The van der Waals surface area contributed by atoms with Gasteiger partial charge in [0.25, 0.3) is 5.91 Å².